The fourth-order valence-electron chi connectivity index (χ4n) is 3.89. The molecule has 10 heteroatoms. The third-order valence-corrected chi connectivity index (χ3v) is 6.01. The van der Waals surface area contributed by atoms with Crippen LogP contribution in [0.4, 0.5) is 5.69 Å². The number of carbonyl (C=O) groups excluding carboxylic acids is 1. The van der Waals surface area contributed by atoms with Gasteiger partial charge in [-0.3, -0.25) is 14.6 Å². The first-order valence-corrected chi connectivity index (χ1v) is 12.7. The molecule has 2 N–H and O–H groups in total. The monoisotopic (exact) mass is 492 g/mol. The maximum atomic E-state index is 13.3. The Morgan fingerprint density at radius 2 is 1.86 bits per heavy atom. The lowest BCUT2D eigenvalue weighted by Gasteiger charge is -2.20. The van der Waals surface area contributed by atoms with E-state index in [4.69, 9.17) is 4.42 Å². The van der Waals surface area contributed by atoms with E-state index in [1.807, 2.05) is 30.7 Å². The van der Waals surface area contributed by atoms with Crippen molar-refractivity contribution in [1.29, 1.82) is 0 Å². The molecule has 1 atom stereocenters. The number of amides is 1. The van der Waals surface area contributed by atoms with E-state index in [-0.39, 0.29) is 11.1 Å². The van der Waals surface area contributed by atoms with E-state index < -0.39 is 22.0 Å². The zero-order chi connectivity index (χ0) is 25.3. The number of fused-ring (bicyclic) bond motifs is 1. The van der Waals surface area contributed by atoms with Gasteiger partial charge in [0.2, 0.25) is 10.0 Å². The number of aromatic nitrogens is 2. The largest absolute Gasteiger partial charge is 0.455 e. The molecule has 0 spiro atoms. The molecule has 0 saturated heterocycles. The lowest BCUT2D eigenvalue weighted by molar-refractivity contribution is 0.0977. The van der Waals surface area contributed by atoms with Crippen LogP contribution in [0, 0.1) is 13.8 Å². The number of aryl methyl sites for hydroxylation is 1. The Hall–Kier alpha value is -4.05. The van der Waals surface area contributed by atoms with Crippen molar-refractivity contribution in [2.24, 2.45) is 0 Å². The summed E-state index contributed by atoms with van der Waals surface area (Å²) in [4.78, 5) is 33.9. The van der Waals surface area contributed by atoms with Crippen molar-refractivity contribution < 1.29 is 17.6 Å². The summed E-state index contributed by atoms with van der Waals surface area (Å²) in [6, 6.07) is 10.1. The van der Waals surface area contributed by atoms with Crippen LogP contribution in [0.25, 0.3) is 22.3 Å². The SMILES string of the molecule is Cc1cc(C(C)Nc2cccnc2C(=O)NS(C)(=O)=O)c2oc(-c3cccnc3)c(C)c(=O)c2c1. The molecule has 4 aromatic rings. The molecule has 1 aromatic carbocycles. The smallest absolute Gasteiger partial charge is 0.285 e. The van der Waals surface area contributed by atoms with Crippen LogP contribution >= 0.6 is 0 Å². The fourth-order valence-corrected chi connectivity index (χ4v) is 4.33. The average molecular weight is 493 g/mol. The van der Waals surface area contributed by atoms with Crippen LogP contribution in [0.5, 0.6) is 0 Å². The van der Waals surface area contributed by atoms with E-state index in [9.17, 15) is 18.0 Å². The molecular weight excluding hydrogens is 468 g/mol. The maximum absolute atomic E-state index is 13.3. The third kappa shape index (κ3) is 5.07. The second-order valence-electron chi connectivity index (χ2n) is 8.33. The second-order valence-corrected chi connectivity index (χ2v) is 10.1. The second kappa shape index (κ2) is 9.30. The summed E-state index contributed by atoms with van der Waals surface area (Å²) in [5.74, 6) is -0.416. The first kappa shape index (κ1) is 24.1. The minimum absolute atomic E-state index is 0.0740. The molecule has 3 heterocycles. The molecule has 1 unspecified atom stereocenters. The molecule has 1 amide bonds. The van der Waals surface area contributed by atoms with Crippen molar-refractivity contribution in [3.8, 4) is 11.3 Å². The van der Waals surface area contributed by atoms with E-state index in [1.54, 1.807) is 43.6 Å². The van der Waals surface area contributed by atoms with Crippen LogP contribution in [0.3, 0.4) is 0 Å². The Labute approximate surface area is 202 Å². The predicted octanol–water partition coefficient (Wildman–Crippen LogP) is 3.73. The molecule has 0 bridgehead atoms. The summed E-state index contributed by atoms with van der Waals surface area (Å²) in [7, 11) is -3.77. The van der Waals surface area contributed by atoms with Crippen molar-refractivity contribution in [3.05, 3.63) is 87.6 Å². The van der Waals surface area contributed by atoms with Gasteiger partial charge >= 0.3 is 0 Å². The minimum atomic E-state index is -3.77. The zero-order valence-electron chi connectivity index (χ0n) is 19.6. The molecule has 0 radical (unpaired) electrons. The van der Waals surface area contributed by atoms with E-state index in [2.05, 4.69) is 15.3 Å². The molecule has 0 fully saturated rings. The van der Waals surface area contributed by atoms with Crippen molar-refractivity contribution in [1.82, 2.24) is 14.7 Å². The number of hydrogen-bond acceptors (Lipinski definition) is 8. The Kier molecular flexibility index (Phi) is 6.40. The van der Waals surface area contributed by atoms with Gasteiger partial charge in [-0.1, -0.05) is 6.07 Å². The first-order valence-electron chi connectivity index (χ1n) is 10.8. The number of rotatable bonds is 6. The van der Waals surface area contributed by atoms with Gasteiger partial charge in [0.15, 0.2) is 11.1 Å². The summed E-state index contributed by atoms with van der Waals surface area (Å²) in [6.07, 6.45) is 5.57. The Bertz CT molecular complexity index is 1600. The molecule has 9 nitrogen and oxygen atoms in total. The highest BCUT2D eigenvalue weighted by molar-refractivity contribution is 7.89. The molecule has 4 rings (SSSR count). The molecule has 0 aliphatic rings. The van der Waals surface area contributed by atoms with E-state index in [0.717, 1.165) is 11.8 Å². The topological polar surface area (TPSA) is 131 Å². The number of nitrogens with zero attached hydrogens (tertiary/aromatic N) is 2. The van der Waals surface area contributed by atoms with Crippen LogP contribution in [0.2, 0.25) is 0 Å². The summed E-state index contributed by atoms with van der Waals surface area (Å²) in [5.41, 5.74) is 3.25. The van der Waals surface area contributed by atoms with E-state index in [1.165, 1.54) is 6.20 Å². The highest BCUT2D eigenvalue weighted by atomic mass is 32.2. The van der Waals surface area contributed by atoms with Crippen LogP contribution in [-0.4, -0.2) is 30.5 Å². The van der Waals surface area contributed by atoms with Gasteiger partial charge in [-0.05, 0) is 56.7 Å². The van der Waals surface area contributed by atoms with Gasteiger partial charge in [-0.2, -0.15) is 0 Å². The van der Waals surface area contributed by atoms with Gasteiger partial charge in [0.25, 0.3) is 5.91 Å². The van der Waals surface area contributed by atoms with Gasteiger partial charge in [0, 0.05) is 35.3 Å². The van der Waals surface area contributed by atoms with Crippen molar-refractivity contribution in [2.75, 3.05) is 11.6 Å². The molecule has 0 aliphatic heterocycles. The summed E-state index contributed by atoms with van der Waals surface area (Å²) >= 11 is 0. The number of carbonyl (C=O) groups is 1. The van der Waals surface area contributed by atoms with Gasteiger partial charge in [0.05, 0.1) is 23.4 Å². The first-order chi connectivity index (χ1) is 16.5. The van der Waals surface area contributed by atoms with Gasteiger partial charge < -0.3 is 9.73 Å². The molecule has 35 heavy (non-hydrogen) atoms. The Morgan fingerprint density at radius 1 is 1.11 bits per heavy atom. The summed E-state index contributed by atoms with van der Waals surface area (Å²) < 4.78 is 31.3. The lowest BCUT2D eigenvalue weighted by Crippen LogP contribution is -2.30. The van der Waals surface area contributed by atoms with Gasteiger partial charge in [-0.15, -0.1) is 0 Å². The van der Waals surface area contributed by atoms with E-state index in [0.29, 0.717) is 39.1 Å². The number of benzene rings is 1. The molecule has 0 saturated carbocycles. The number of hydrogen-bond donors (Lipinski definition) is 2. The van der Waals surface area contributed by atoms with Crippen molar-refractivity contribution >= 4 is 32.6 Å². The standard InChI is InChI=1S/C25H24N4O5S/c1-14-11-18(16(3)28-20-8-6-10-27-21(20)25(31)29-35(4,32)33)24-19(12-14)22(30)15(2)23(34-24)17-7-5-9-26-13-17/h5-13,16,28H,1-4H3,(H,29,31). The predicted molar refractivity (Wildman–Crippen MR) is 134 cm³/mol. The lowest BCUT2D eigenvalue weighted by atomic mass is 9.99. The molecule has 0 aliphatic carbocycles. The fraction of sp³-hybridized carbons (Fsp3) is 0.200. The van der Waals surface area contributed by atoms with Crippen molar-refractivity contribution in [3.63, 3.8) is 0 Å². The van der Waals surface area contributed by atoms with Crippen LogP contribution in [0.1, 0.15) is 40.1 Å². The average Bonchev–Trinajstić information content (AvgIpc) is 2.81. The highest BCUT2D eigenvalue weighted by Gasteiger charge is 2.22. The Morgan fingerprint density at radius 3 is 2.54 bits per heavy atom. The van der Waals surface area contributed by atoms with E-state index >= 15 is 0 Å². The van der Waals surface area contributed by atoms with Crippen LogP contribution in [-0.2, 0) is 10.0 Å². The van der Waals surface area contributed by atoms with Crippen LogP contribution in [0.15, 0.2) is 64.2 Å². The maximum Gasteiger partial charge on any atom is 0.285 e. The normalized spacial score (nSPS) is 12.3. The highest BCUT2D eigenvalue weighted by Crippen LogP contribution is 2.32. The van der Waals surface area contributed by atoms with Crippen molar-refractivity contribution in [2.45, 2.75) is 26.8 Å². The van der Waals surface area contributed by atoms with Gasteiger partial charge in [0.1, 0.15) is 11.3 Å². The number of nitrogens with one attached hydrogen (secondary N) is 2. The molecule has 180 valence electrons. The minimum Gasteiger partial charge on any atom is -0.455 e. The Balaban J connectivity index is 1.82. The number of sulfonamides is 1. The molecular formula is C25H24N4O5S. The number of pyridine rings is 2. The number of anilines is 1. The van der Waals surface area contributed by atoms with Gasteiger partial charge in [-0.25, -0.2) is 18.1 Å². The third-order valence-electron chi connectivity index (χ3n) is 5.46. The zero-order valence-corrected chi connectivity index (χ0v) is 20.4. The molecule has 3 aromatic heterocycles. The summed E-state index contributed by atoms with van der Waals surface area (Å²) in [6.45, 7) is 5.46. The van der Waals surface area contributed by atoms with Crippen LogP contribution < -0.4 is 15.5 Å². The quantitative estimate of drug-likeness (QED) is 0.416. The summed E-state index contributed by atoms with van der Waals surface area (Å²) in [5, 5.41) is 3.66.